The van der Waals surface area contributed by atoms with E-state index in [0.29, 0.717) is 5.75 Å². The second-order valence-electron chi connectivity index (χ2n) is 5.50. The summed E-state index contributed by atoms with van der Waals surface area (Å²) in [6, 6.07) is 4.14. The molecule has 0 radical (unpaired) electrons. The largest absolute Gasteiger partial charge is 0.497 e. The zero-order chi connectivity index (χ0) is 19.5. The topological polar surface area (TPSA) is 117 Å². The molecule has 11 heteroatoms. The van der Waals surface area contributed by atoms with E-state index in [9.17, 15) is 33.3 Å². The third-order valence-corrected chi connectivity index (χ3v) is 3.75. The smallest absolute Gasteiger partial charge is 0.471 e. The summed E-state index contributed by atoms with van der Waals surface area (Å²) in [6.07, 6.45) is -11.7. The van der Waals surface area contributed by atoms with Gasteiger partial charge in [0.25, 0.3) is 0 Å². The van der Waals surface area contributed by atoms with Gasteiger partial charge in [-0.25, -0.2) is 0 Å². The van der Waals surface area contributed by atoms with Crippen molar-refractivity contribution in [1.29, 1.82) is 0 Å². The quantitative estimate of drug-likeness (QED) is 0.546. The van der Waals surface area contributed by atoms with Gasteiger partial charge in [-0.05, 0) is 24.3 Å². The fourth-order valence-electron chi connectivity index (χ4n) is 2.36. The molecule has 0 saturated carbocycles. The van der Waals surface area contributed by atoms with E-state index in [2.05, 4.69) is 0 Å². The second kappa shape index (κ2) is 8.08. The van der Waals surface area contributed by atoms with Crippen LogP contribution in [0.5, 0.6) is 11.5 Å². The van der Waals surface area contributed by atoms with Crippen LogP contribution >= 0.6 is 0 Å². The monoisotopic (exact) mass is 381 g/mol. The number of methoxy groups -OCH3 is 1. The summed E-state index contributed by atoms with van der Waals surface area (Å²) in [5.74, 6) is -1.70. The van der Waals surface area contributed by atoms with Crippen molar-refractivity contribution in [1.82, 2.24) is 5.32 Å². The fourth-order valence-corrected chi connectivity index (χ4v) is 2.36. The number of rotatable bonds is 5. The van der Waals surface area contributed by atoms with Gasteiger partial charge >= 0.3 is 12.1 Å². The van der Waals surface area contributed by atoms with Crippen LogP contribution in [-0.2, 0) is 9.53 Å². The normalized spacial score (nSPS) is 29.1. The standard InChI is InChI=1S/C15H18F3NO7/c1-24-7-2-4-8(5-3-7)25-13-10(19-14(23)15(16,17)18)12(22)11(21)9(6-20)26-13/h2-5,9-13,20-22H,6H2,1H3,(H,19,23)/t9-,10-,11+,12-,13-/m1/s1. The molecule has 4 N–H and O–H groups in total. The number of aliphatic hydroxyl groups excluding tert-OH is 3. The van der Waals surface area contributed by atoms with E-state index in [0.717, 1.165) is 0 Å². The van der Waals surface area contributed by atoms with Gasteiger partial charge < -0.3 is 34.8 Å². The van der Waals surface area contributed by atoms with Crippen molar-refractivity contribution >= 4 is 5.91 Å². The third kappa shape index (κ3) is 4.55. The van der Waals surface area contributed by atoms with E-state index in [1.165, 1.54) is 31.4 Å². The summed E-state index contributed by atoms with van der Waals surface area (Å²) in [5.41, 5.74) is 0. The first-order valence-corrected chi connectivity index (χ1v) is 7.48. The van der Waals surface area contributed by atoms with Gasteiger partial charge in [0.05, 0.1) is 13.7 Å². The molecule has 0 bridgehead atoms. The number of aliphatic hydroxyl groups is 3. The number of amides is 1. The lowest BCUT2D eigenvalue weighted by atomic mass is 9.97. The van der Waals surface area contributed by atoms with E-state index in [1.54, 1.807) is 5.32 Å². The summed E-state index contributed by atoms with van der Waals surface area (Å²) in [6.45, 7) is -0.722. The molecule has 5 atom stereocenters. The van der Waals surface area contributed by atoms with Gasteiger partial charge in [-0.15, -0.1) is 0 Å². The van der Waals surface area contributed by atoms with Crippen molar-refractivity contribution in [2.45, 2.75) is 36.8 Å². The molecule has 0 aromatic heterocycles. The number of ether oxygens (including phenoxy) is 3. The molecule has 1 aromatic carbocycles. The lowest BCUT2D eigenvalue weighted by Crippen LogP contribution is -2.66. The maximum Gasteiger partial charge on any atom is 0.471 e. The molecule has 2 rings (SSSR count). The van der Waals surface area contributed by atoms with E-state index < -0.39 is 49.3 Å². The van der Waals surface area contributed by atoms with Gasteiger partial charge in [0, 0.05) is 0 Å². The Balaban J connectivity index is 2.22. The maximum absolute atomic E-state index is 12.5. The van der Waals surface area contributed by atoms with Crippen LogP contribution in [0.3, 0.4) is 0 Å². The Morgan fingerprint density at radius 3 is 2.27 bits per heavy atom. The van der Waals surface area contributed by atoms with Crippen LogP contribution in [0.15, 0.2) is 24.3 Å². The van der Waals surface area contributed by atoms with Crippen LogP contribution in [0, 0.1) is 0 Å². The van der Waals surface area contributed by atoms with Gasteiger partial charge in [0.15, 0.2) is 0 Å². The highest BCUT2D eigenvalue weighted by atomic mass is 19.4. The Morgan fingerprint density at radius 1 is 1.19 bits per heavy atom. The Kier molecular flexibility index (Phi) is 6.29. The lowest BCUT2D eigenvalue weighted by molar-refractivity contribution is -0.247. The lowest BCUT2D eigenvalue weighted by Gasteiger charge is -2.42. The fraction of sp³-hybridized carbons (Fsp3) is 0.533. The van der Waals surface area contributed by atoms with Gasteiger partial charge in [-0.1, -0.05) is 0 Å². The SMILES string of the molecule is COc1ccc(O[C@@H]2O[C@H](CO)[C@H](O)[C@H](O)[C@H]2NC(=O)C(F)(F)F)cc1. The van der Waals surface area contributed by atoms with Crippen LogP contribution in [0.1, 0.15) is 0 Å². The number of alkyl halides is 3. The van der Waals surface area contributed by atoms with Gasteiger partial charge in [0.2, 0.25) is 6.29 Å². The highest BCUT2D eigenvalue weighted by molar-refractivity contribution is 5.82. The number of halogens is 3. The minimum absolute atomic E-state index is 0.141. The minimum atomic E-state index is -5.21. The Bertz CT molecular complexity index is 610. The number of nitrogens with one attached hydrogen (secondary N) is 1. The molecular weight excluding hydrogens is 363 g/mol. The van der Waals surface area contributed by atoms with Crippen LogP contribution < -0.4 is 14.8 Å². The molecule has 0 aliphatic carbocycles. The van der Waals surface area contributed by atoms with Crippen LogP contribution in [-0.4, -0.2) is 71.8 Å². The summed E-state index contributed by atoms with van der Waals surface area (Å²) in [7, 11) is 1.44. The first kappa shape index (κ1) is 20.2. The summed E-state index contributed by atoms with van der Waals surface area (Å²) >= 11 is 0. The van der Waals surface area contributed by atoms with E-state index in [-0.39, 0.29) is 5.75 Å². The Hall–Kier alpha value is -2.08. The molecule has 146 valence electrons. The second-order valence-corrected chi connectivity index (χ2v) is 5.50. The molecule has 1 aliphatic heterocycles. The number of hydrogen-bond donors (Lipinski definition) is 4. The summed E-state index contributed by atoms with van der Waals surface area (Å²) in [4.78, 5) is 11.2. The molecule has 1 saturated heterocycles. The van der Waals surface area contributed by atoms with Crippen molar-refractivity contribution in [2.24, 2.45) is 0 Å². The van der Waals surface area contributed by atoms with Crippen molar-refractivity contribution < 1.29 is 47.5 Å². The molecular formula is C15H18F3NO7. The average Bonchev–Trinajstić information content (AvgIpc) is 2.60. The van der Waals surface area contributed by atoms with E-state index in [4.69, 9.17) is 14.2 Å². The molecule has 1 aliphatic rings. The summed E-state index contributed by atoms with van der Waals surface area (Å²) in [5, 5.41) is 30.6. The molecule has 1 amide bonds. The Morgan fingerprint density at radius 2 is 1.77 bits per heavy atom. The molecule has 8 nitrogen and oxygen atoms in total. The minimum Gasteiger partial charge on any atom is -0.497 e. The molecule has 0 spiro atoms. The molecule has 1 heterocycles. The molecule has 26 heavy (non-hydrogen) atoms. The number of carbonyl (C=O) groups excluding carboxylic acids is 1. The summed E-state index contributed by atoms with van der Waals surface area (Å²) < 4.78 is 53.1. The van der Waals surface area contributed by atoms with Gasteiger partial charge in [-0.2, -0.15) is 13.2 Å². The average molecular weight is 381 g/mol. The van der Waals surface area contributed by atoms with Crippen LogP contribution in [0.25, 0.3) is 0 Å². The number of hydrogen-bond acceptors (Lipinski definition) is 7. The zero-order valence-electron chi connectivity index (χ0n) is 13.5. The molecule has 0 unspecified atom stereocenters. The van der Waals surface area contributed by atoms with Crippen molar-refractivity contribution in [3.05, 3.63) is 24.3 Å². The predicted molar refractivity (Wildman–Crippen MR) is 79.4 cm³/mol. The highest BCUT2D eigenvalue weighted by Crippen LogP contribution is 2.26. The number of carbonyl (C=O) groups is 1. The van der Waals surface area contributed by atoms with Crippen LogP contribution in [0.4, 0.5) is 13.2 Å². The van der Waals surface area contributed by atoms with E-state index >= 15 is 0 Å². The zero-order valence-corrected chi connectivity index (χ0v) is 13.5. The highest BCUT2D eigenvalue weighted by Gasteiger charge is 2.49. The third-order valence-electron chi connectivity index (χ3n) is 3.75. The van der Waals surface area contributed by atoms with Gasteiger partial charge in [0.1, 0.15) is 35.9 Å². The van der Waals surface area contributed by atoms with Crippen molar-refractivity contribution in [3.8, 4) is 11.5 Å². The van der Waals surface area contributed by atoms with Crippen molar-refractivity contribution in [2.75, 3.05) is 13.7 Å². The molecule has 1 aromatic rings. The van der Waals surface area contributed by atoms with Crippen molar-refractivity contribution in [3.63, 3.8) is 0 Å². The van der Waals surface area contributed by atoms with Crippen LogP contribution in [0.2, 0.25) is 0 Å². The Labute approximate surface area is 146 Å². The van der Waals surface area contributed by atoms with Gasteiger partial charge in [-0.3, -0.25) is 4.79 Å². The first-order valence-electron chi connectivity index (χ1n) is 7.48. The first-order chi connectivity index (χ1) is 12.2. The van der Waals surface area contributed by atoms with E-state index in [1.807, 2.05) is 0 Å². The maximum atomic E-state index is 12.5. The molecule has 1 fully saturated rings. The predicted octanol–water partition coefficient (Wildman–Crippen LogP) is -0.440. The number of benzene rings is 1.